The zero-order chi connectivity index (χ0) is 16.1. The summed E-state index contributed by atoms with van der Waals surface area (Å²) >= 11 is 0. The minimum absolute atomic E-state index is 0.131. The second-order valence-corrected chi connectivity index (χ2v) is 5.38. The number of rotatable bonds is 5. The third kappa shape index (κ3) is 4.16. The van der Waals surface area contributed by atoms with Gasteiger partial charge in [0.15, 0.2) is 0 Å². The number of anilines is 1. The van der Waals surface area contributed by atoms with Gasteiger partial charge in [-0.2, -0.15) is 5.26 Å². The topological polar surface area (TPSA) is 82.6 Å². The van der Waals surface area contributed by atoms with E-state index in [-0.39, 0.29) is 12.6 Å². The number of carbonyl (C=O) groups is 1. The number of ether oxygens (including phenoxy) is 1. The third-order valence-corrected chi connectivity index (χ3v) is 3.50. The summed E-state index contributed by atoms with van der Waals surface area (Å²) in [6.07, 6.45) is -0.131. The largest absolute Gasteiger partial charge is 0.373 e. The zero-order valence-corrected chi connectivity index (χ0v) is 12.5. The molecule has 2 rings (SSSR count). The van der Waals surface area contributed by atoms with Gasteiger partial charge in [0.25, 0.3) is 0 Å². The van der Waals surface area contributed by atoms with Gasteiger partial charge in [-0.15, -0.1) is 0 Å². The van der Waals surface area contributed by atoms with Gasteiger partial charge in [-0.05, 0) is 25.2 Å². The first-order chi connectivity index (χ1) is 10.5. The zero-order valence-electron chi connectivity index (χ0n) is 12.5. The maximum atomic E-state index is 14.1. The van der Waals surface area contributed by atoms with Crippen molar-refractivity contribution in [2.24, 2.45) is 5.73 Å². The fourth-order valence-corrected chi connectivity index (χ4v) is 2.56. The predicted molar refractivity (Wildman–Crippen MR) is 79.8 cm³/mol. The molecule has 1 atom stereocenters. The Morgan fingerprint density at radius 3 is 3.05 bits per heavy atom. The van der Waals surface area contributed by atoms with Gasteiger partial charge >= 0.3 is 0 Å². The Kier molecular flexibility index (Phi) is 5.31. The SMILES string of the molecule is CN(CC(N)=O)C[C@@H]1CN(c2ccc(C#N)cc2F)CCO1. The number of nitriles is 1. The second kappa shape index (κ2) is 7.20. The van der Waals surface area contributed by atoms with E-state index in [0.29, 0.717) is 37.5 Å². The van der Waals surface area contributed by atoms with Crippen molar-refractivity contribution in [3.63, 3.8) is 0 Å². The number of halogens is 1. The van der Waals surface area contributed by atoms with E-state index in [0.717, 1.165) is 0 Å². The quantitative estimate of drug-likeness (QED) is 0.847. The Morgan fingerprint density at radius 2 is 2.41 bits per heavy atom. The van der Waals surface area contributed by atoms with Crippen LogP contribution in [0.15, 0.2) is 18.2 Å². The monoisotopic (exact) mass is 306 g/mol. The highest BCUT2D eigenvalue weighted by molar-refractivity contribution is 5.75. The fourth-order valence-electron chi connectivity index (χ4n) is 2.56. The van der Waals surface area contributed by atoms with Crippen LogP contribution >= 0.6 is 0 Å². The molecule has 0 aromatic heterocycles. The molecule has 2 N–H and O–H groups in total. The first-order valence-electron chi connectivity index (χ1n) is 7.02. The summed E-state index contributed by atoms with van der Waals surface area (Å²) in [6.45, 7) is 2.28. The van der Waals surface area contributed by atoms with E-state index < -0.39 is 11.7 Å². The van der Waals surface area contributed by atoms with Crippen LogP contribution in [-0.2, 0) is 9.53 Å². The van der Waals surface area contributed by atoms with Crippen LogP contribution in [0.1, 0.15) is 5.56 Å². The molecule has 1 aliphatic rings. The number of nitrogens with zero attached hydrogens (tertiary/aromatic N) is 3. The van der Waals surface area contributed by atoms with E-state index in [1.54, 1.807) is 24.1 Å². The summed E-state index contributed by atoms with van der Waals surface area (Å²) in [6, 6.07) is 6.37. The molecular formula is C15H19FN4O2. The molecule has 0 spiro atoms. The molecule has 0 bridgehead atoms. The fraction of sp³-hybridized carbons (Fsp3) is 0.467. The molecule has 1 saturated heterocycles. The Labute approximate surface area is 128 Å². The molecule has 22 heavy (non-hydrogen) atoms. The van der Waals surface area contributed by atoms with Gasteiger partial charge in [0.05, 0.1) is 36.6 Å². The molecule has 1 aliphatic heterocycles. The van der Waals surface area contributed by atoms with Crippen LogP contribution in [-0.4, -0.2) is 56.7 Å². The van der Waals surface area contributed by atoms with Gasteiger partial charge in [0, 0.05) is 19.6 Å². The van der Waals surface area contributed by atoms with E-state index in [1.165, 1.54) is 6.07 Å². The van der Waals surface area contributed by atoms with E-state index in [2.05, 4.69) is 0 Å². The summed E-state index contributed by atoms with van der Waals surface area (Å²) in [5.41, 5.74) is 5.92. The molecule has 0 saturated carbocycles. The minimum atomic E-state index is -0.412. The number of benzene rings is 1. The highest BCUT2D eigenvalue weighted by Crippen LogP contribution is 2.22. The summed E-state index contributed by atoms with van der Waals surface area (Å²) in [5.74, 6) is -0.807. The van der Waals surface area contributed by atoms with Crippen molar-refractivity contribution in [3.8, 4) is 6.07 Å². The van der Waals surface area contributed by atoms with Crippen molar-refractivity contribution in [3.05, 3.63) is 29.6 Å². The van der Waals surface area contributed by atoms with Gasteiger partial charge in [0.2, 0.25) is 5.91 Å². The van der Waals surface area contributed by atoms with Crippen molar-refractivity contribution in [2.45, 2.75) is 6.10 Å². The lowest BCUT2D eigenvalue weighted by atomic mass is 10.1. The number of amides is 1. The second-order valence-electron chi connectivity index (χ2n) is 5.38. The molecule has 1 amide bonds. The Balaban J connectivity index is 2.01. The van der Waals surface area contributed by atoms with Gasteiger partial charge in [-0.25, -0.2) is 4.39 Å². The first-order valence-corrected chi connectivity index (χ1v) is 7.02. The standard InChI is InChI=1S/C15H19FN4O2/c1-19(10-15(18)21)8-12-9-20(4-5-22-12)14-3-2-11(7-17)6-13(14)16/h2-3,6,12H,4-5,8-10H2,1H3,(H2,18,21)/t12-/m1/s1. The number of likely N-dealkylation sites (N-methyl/N-ethyl adjacent to an activating group) is 1. The maximum absolute atomic E-state index is 14.1. The normalized spacial score (nSPS) is 18.3. The number of primary amides is 1. The summed E-state index contributed by atoms with van der Waals surface area (Å²) in [4.78, 5) is 14.6. The first kappa shape index (κ1) is 16.2. The van der Waals surface area contributed by atoms with Crippen molar-refractivity contribution in [2.75, 3.05) is 44.7 Å². The van der Waals surface area contributed by atoms with Crippen LogP contribution in [0.5, 0.6) is 0 Å². The predicted octanol–water partition coefficient (Wildman–Crippen LogP) is 0.320. The summed E-state index contributed by atoms with van der Waals surface area (Å²) < 4.78 is 19.7. The maximum Gasteiger partial charge on any atom is 0.231 e. The number of morpholine rings is 1. The lowest BCUT2D eigenvalue weighted by molar-refractivity contribution is -0.119. The van der Waals surface area contributed by atoms with Crippen LogP contribution in [0, 0.1) is 17.1 Å². The van der Waals surface area contributed by atoms with Gasteiger partial charge in [-0.3, -0.25) is 9.69 Å². The van der Waals surface area contributed by atoms with E-state index in [9.17, 15) is 9.18 Å². The number of hydrogen-bond donors (Lipinski definition) is 1. The molecule has 0 aliphatic carbocycles. The van der Waals surface area contributed by atoms with E-state index in [1.807, 2.05) is 11.0 Å². The molecule has 0 radical (unpaired) electrons. The molecule has 1 aromatic rings. The molecule has 7 heteroatoms. The van der Waals surface area contributed by atoms with Gasteiger partial charge in [0.1, 0.15) is 5.82 Å². The molecule has 1 aromatic carbocycles. The number of hydrogen-bond acceptors (Lipinski definition) is 5. The smallest absolute Gasteiger partial charge is 0.231 e. The molecular weight excluding hydrogens is 287 g/mol. The molecule has 6 nitrogen and oxygen atoms in total. The lowest BCUT2D eigenvalue weighted by Crippen LogP contribution is -2.48. The molecule has 118 valence electrons. The van der Waals surface area contributed by atoms with Crippen molar-refractivity contribution in [1.29, 1.82) is 5.26 Å². The molecule has 1 heterocycles. The van der Waals surface area contributed by atoms with E-state index in [4.69, 9.17) is 15.7 Å². The summed E-state index contributed by atoms with van der Waals surface area (Å²) in [5, 5.41) is 8.78. The Morgan fingerprint density at radius 1 is 1.64 bits per heavy atom. The van der Waals surface area contributed by atoms with Gasteiger partial charge in [-0.1, -0.05) is 0 Å². The van der Waals surface area contributed by atoms with E-state index >= 15 is 0 Å². The lowest BCUT2D eigenvalue weighted by Gasteiger charge is -2.36. The number of carbonyl (C=O) groups excluding carboxylic acids is 1. The van der Waals surface area contributed by atoms with Crippen molar-refractivity contribution < 1.29 is 13.9 Å². The van der Waals surface area contributed by atoms with Crippen molar-refractivity contribution in [1.82, 2.24) is 4.90 Å². The van der Waals surface area contributed by atoms with Crippen molar-refractivity contribution >= 4 is 11.6 Å². The van der Waals surface area contributed by atoms with Crippen LogP contribution < -0.4 is 10.6 Å². The van der Waals surface area contributed by atoms with Crippen LogP contribution in [0.4, 0.5) is 10.1 Å². The van der Waals surface area contributed by atoms with Crippen LogP contribution in [0.3, 0.4) is 0 Å². The molecule has 1 fully saturated rings. The Bertz CT molecular complexity index is 587. The average molecular weight is 306 g/mol. The highest BCUT2D eigenvalue weighted by atomic mass is 19.1. The minimum Gasteiger partial charge on any atom is -0.373 e. The summed E-state index contributed by atoms with van der Waals surface area (Å²) in [7, 11) is 1.79. The molecule has 0 unspecified atom stereocenters. The van der Waals surface area contributed by atoms with Crippen LogP contribution in [0.2, 0.25) is 0 Å². The third-order valence-electron chi connectivity index (χ3n) is 3.50. The highest BCUT2D eigenvalue weighted by Gasteiger charge is 2.24. The number of nitrogens with two attached hydrogens (primary N) is 1. The van der Waals surface area contributed by atoms with Gasteiger partial charge < -0.3 is 15.4 Å². The Hall–Kier alpha value is -2.17. The van der Waals surface area contributed by atoms with Crippen LogP contribution in [0.25, 0.3) is 0 Å². The average Bonchev–Trinajstić information content (AvgIpc) is 2.46.